The van der Waals surface area contributed by atoms with Crippen LogP contribution in [0.1, 0.15) is 35.1 Å². The summed E-state index contributed by atoms with van der Waals surface area (Å²) in [5, 5.41) is 5.75. The minimum atomic E-state index is -0.434. The number of hydrogen-bond donors (Lipinski definition) is 2. The number of carbonyl (C=O) groups excluding carboxylic acids is 1. The molecule has 0 saturated carbocycles. The van der Waals surface area contributed by atoms with E-state index in [1.54, 1.807) is 12.1 Å². The lowest BCUT2D eigenvalue weighted by molar-refractivity contribution is 0.0941. The maximum absolute atomic E-state index is 13.8. The molecule has 2 rings (SSSR count). The van der Waals surface area contributed by atoms with Crippen molar-refractivity contribution in [2.24, 2.45) is 0 Å². The van der Waals surface area contributed by atoms with Crippen LogP contribution in [0.3, 0.4) is 0 Å². The van der Waals surface area contributed by atoms with E-state index in [0.717, 1.165) is 4.88 Å². The minimum Gasteiger partial charge on any atom is -0.382 e. The lowest BCUT2D eigenvalue weighted by Crippen LogP contribution is -2.27. The molecule has 0 bridgehead atoms. The van der Waals surface area contributed by atoms with E-state index in [1.807, 2.05) is 19.9 Å². The monoisotopic (exact) mass is 326 g/mol. The third kappa shape index (κ3) is 3.74. The number of amides is 1. The smallest absolute Gasteiger partial charge is 0.253 e. The Hall–Kier alpha value is -1.59. The Balaban J connectivity index is 2.18. The number of rotatable bonds is 5. The second kappa shape index (κ2) is 6.91. The van der Waals surface area contributed by atoms with Gasteiger partial charge in [0.15, 0.2) is 0 Å². The highest BCUT2D eigenvalue weighted by atomic mass is 35.5. The number of anilines is 1. The van der Waals surface area contributed by atoms with Gasteiger partial charge in [0.1, 0.15) is 5.82 Å². The molecule has 6 heteroatoms. The molecule has 0 fully saturated rings. The van der Waals surface area contributed by atoms with Gasteiger partial charge in [-0.15, -0.1) is 11.3 Å². The van der Waals surface area contributed by atoms with Gasteiger partial charge in [0.2, 0.25) is 0 Å². The highest BCUT2D eigenvalue weighted by molar-refractivity contribution is 7.16. The minimum absolute atomic E-state index is 0.187. The highest BCUT2D eigenvalue weighted by Gasteiger charge is 2.17. The van der Waals surface area contributed by atoms with Gasteiger partial charge >= 0.3 is 0 Å². The summed E-state index contributed by atoms with van der Waals surface area (Å²) in [6.45, 7) is 4.26. The zero-order chi connectivity index (χ0) is 15.4. The van der Waals surface area contributed by atoms with E-state index in [9.17, 15) is 9.18 Å². The second-order valence-corrected chi connectivity index (χ2v) is 6.28. The summed E-state index contributed by atoms with van der Waals surface area (Å²) < 4.78 is 14.5. The zero-order valence-electron chi connectivity index (χ0n) is 11.7. The van der Waals surface area contributed by atoms with E-state index < -0.39 is 5.82 Å². The number of carbonyl (C=O) groups is 1. The average Bonchev–Trinajstić information content (AvgIpc) is 2.88. The lowest BCUT2D eigenvalue weighted by Gasteiger charge is -2.15. The van der Waals surface area contributed by atoms with Crippen molar-refractivity contribution >= 4 is 34.5 Å². The van der Waals surface area contributed by atoms with Gasteiger partial charge in [-0.3, -0.25) is 4.79 Å². The molecule has 1 aromatic carbocycles. The molecule has 0 saturated heterocycles. The van der Waals surface area contributed by atoms with Crippen LogP contribution in [-0.4, -0.2) is 12.5 Å². The molecule has 112 valence electrons. The van der Waals surface area contributed by atoms with Crippen molar-refractivity contribution in [1.82, 2.24) is 5.32 Å². The molecular formula is C15H16ClFN2OS. The molecule has 3 nitrogen and oxygen atoms in total. The van der Waals surface area contributed by atoms with Crippen LogP contribution in [0.25, 0.3) is 0 Å². The van der Waals surface area contributed by atoms with Crippen molar-refractivity contribution in [1.29, 1.82) is 0 Å². The van der Waals surface area contributed by atoms with Crippen LogP contribution in [0.15, 0.2) is 30.3 Å². The molecule has 0 spiro atoms. The largest absolute Gasteiger partial charge is 0.382 e. The number of para-hydroxylation sites is 1. The number of benzene rings is 1. The number of halogens is 2. The van der Waals surface area contributed by atoms with Crippen LogP contribution in [0, 0.1) is 5.82 Å². The van der Waals surface area contributed by atoms with Crippen molar-refractivity contribution in [3.63, 3.8) is 0 Å². The van der Waals surface area contributed by atoms with E-state index in [4.69, 9.17) is 11.6 Å². The predicted molar refractivity (Wildman–Crippen MR) is 85.8 cm³/mol. The van der Waals surface area contributed by atoms with Crippen LogP contribution in [0.5, 0.6) is 0 Å². The van der Waals surface area contributed by atoms with Gasteiger partial charge in [0.25, 0.3) is 5.91 Å². The van der Waals surface area contributed by atoms with Gasteiger partial charge in [0, 0.05) is 11.4 Å². The van der Waals surface area contributed by atoms with Gasteiger partial charge in [0.05, 0.1) is 21.6 Å². The van der Waals surface area contributed by atoms with Gasteiger partial charge in [-0.2, -0.15) is 0 Å². The van der Waals surface area contributed by atoms with Crippen LogP contribution in [0.2, 0.25) is 4.34 Å². The average molecular weight is 327 g/mol. The molecule has 0 aliphatic carbocycles. The Morgan fingerprint density at radius 3 is 2.76 bits per heavy atom. The first-order chi connectivity index (χ1) is 10.0. The SMILES string of the molecule is CCNc1c(F)cccc1C(=O)NC(C)c1ccc(Cl)s1. The fourth-order valence-corrected chi connectivity index (χ4v) is 3.04. The Kier molecular flexibility index (Phi) is 5.20. The molecule has 1 atom stereocenters. The fourth-order valence-electron chi connectivity index (χ4n) is 1.98. The number of hydrogen-bond acceptors (Lipinski definition) is 3. The third-order valence-corrected chi connectivity index (χ3v) is 4.39. The topological polar surface area (TPSA) is 41.1 Å². The normalized spacial score (nSPS) is 12.0. The van der Waals surface area contributed by atoms with E-state index in [-0.39, 0.29) is 17.6 Å². The van der Waals surface area contributed by atoms with Crippen molar-refractivity contribution in [2.45, 2.75) is 19.9 Å². The van der Waals surface area contributed by atoms with E-state index >= 15 is 0 Å². The lowest BCUT2D eigenvalue weighted by atomic mass is 10.1. The number of nitrogens with one attached hydrogen (secondary N) is 2. The van der Waals surface area contributed by atoms with E-state index in [0.29, 0.717) is 16.4 Å². The van der Waals surface area contributed by atoms with E-state index in [1.165, 1.54) is 23.5 Å². The summed E-state index contributed by atoms with van der Waals surface area (Å²) in [5.74, 6) is -0.751. The Morgan fingerprint density at radius 2 is 2.14 bits per heavy atom. The van der Waals surface area contributed by atoms with Crippen molar-refractivity contribution in [2.75, 3.05) is 11.9 Å². The summed E-state index contributed by atoms with van der Waals surface area (Å²) in [6.07, 6.45) is 0. The molecule has 2 N–H and O–H groups in total. The predicted octanol–water partition coefficient (Wildman–Crippen LogP) is 4.46. The van der Waals surface area contributed by atoms with E-state index in [2.05, 4.69) is 10.6 Å². The third-order valence-electron chi connectivity index (χ3n) is 2.98. The molecule has 1 heterocycles. The Labute approximate surface area is 132 Å². The molecule has 2 aromatic rings. The van der Waals surface area contributed by atoms with Gasteiger partial charge in [-0.25, -0.2) is 4.39 Å². The molecular weight excluding hydrogens is 311 g/mol. The van der Waals surface area contributed by atoms with Crippen LogP contribution >= 0.6 is 22.9 Å². The fraction of sp³-hybridized carbons (Fsp3) is 0.267. The van der Waals surface area contributed by atoms with Crippen molar-refractivity contribution in [3.8, 4) is 0 Å². The maximum atomic E-state index is 13.8. The van der Waals surface area contributed by atoms with Gasteiger partial charge in [-0.05, 0) is 38.1 Å². The van der Waals surface area contributed by atoms with Crippen molar-refractivity contribution < 1.29 is 9.18 Å². The first-order valence-electron chi connectivity index (χ1n) is 6.61. The standard InChI is InChI=1S/C15H16ClFN2OS/c1-3-18-14-10(5-4-6-11(14)17)15(20)19-9(2)12-7-8-13(16)21-12/h4-9,18H,3H2,1-2H3,(H,19,20). The molecule has 1 unspecified atom stereocenters. The highest BCUT2D eigenvalue weighted by Crippen LogP contribution is 2.27. The summed E-state index contributed by atoms with van der Waals surface area (Å²) in [6, 6.07) is 7.93. The molecule has 1 amide bonds. The summed E-state index contributed by atoms with van der Waals surface area (Å²) in [5.41, 5.74) is 0.528. The van der Waals surface area contributed by atoms with Gasteiger partial charge < -0.3 is 10.6 Å². The maximum Gasteiger partial charge on any atom is 0.253 e. The van der Waals surface area contributed by atoms with Crippen LogP contribution in [-0.2, 0) is 0 Å². The second-order valence-electron chi connectivity index (χ2n) is 4.53. The summed E-state index contributed by atoms with van der Waals surface area (Å²) in [7, 11) is 0. The van der Waals surface area contributed by atoms with Crippen LogP contribution < -0.4 is 10.6 Å². The first kappa shape index (κ1) is 15.8. The summed E-state index contributed by atoms with van der Waals surface area (Å²) >= 11 is 7.30. The first-order valence-corrected chi connectivity index (χ1v) is 7.80. The molecule has 0 aliphatic rings. The van der Waals surface area contributed by atoms with Crippen LogP contribution in [0.4, 0.5) is 10.1 Å². The Bertz CT molecular complexity index is 644. The van der Waals surface area contributed by atoms with Crippen molar-refractivity contribution in [3.05, 3.63) is 50.9 Å². The quantitative estimate of drug-likeness (QED) is 0.851. The molecule has 21 heavy (non-hydrogen) atoms. The zero-order valence-corrected chi connectivity index (χ0v) is 13.3. The summed E-state index contributed by atoms with van der Waals surface area (Å²) in [4.78, 5) is 13.3. The van der Waals surface area contributed by atoms with Gasteiger partial charge in [-0.1, -0.05) is 17.7 Å². The molecule has 0 aliphatic heterocycles. The number of thiophene rings is 1. The Morgan fingerprint density at radius 1 is 1.38 bits per heavy atom. The molecule has 1 aromatic heterocycles. The molecule has 0 radical (unpaired) electrons.